The second-order valence-corrected chi connectivity index (χ2v) is 8.07. The van der Waals surface area contributed by atoms with Crippen molar-refractivity contribution in [3.05, 3.63) is 46.9 Å². The molecule has 0 radical (unpaired) electrons. The highest BCUT2D eigenvalue weighted by atomic mass is 16.2. The number of aromatic nitrogens is 2. The Morgan fingerprint density at radius 2 is 1.70 bits per heavy atom. The monoisotopic (exact) mass is 408 g/mol. The van der Waals surface area contributed by atoms with E-state index in [0.717, 1.165) is 35.9 Å². The Balaban J connectivity index is 1.40. The molecule has 0 bridgehead atoms. The summed E-state index contributed by atoms with van der Waals surface area (Å²) in [5, 5.41) is 0. The molecule has 0 unspecified atom stereocenters. The molecular weight excluding hydrogens is 380 g/mol. The van der Waals surface area contributed by atoms with Crippen molar-refractivity contribution in [2.75, 3.05) is 56.1 Å². The number of rotatable bonds is 3. The zero-order chi connectivity index (χ0) is 21.4. The maximum atomic E-state index is 12.9. The van der Waals surface area contributed by atoms with Crippen LogP contribution in [0.4, 0.5) is 16.3 Å². The molecule has 2 fully saturated rings. The Morgan fingerprint density at radius 1 is 0.967 bits per heavy atom. The van der Waals surface area contributed by atoms with Gasteiger partial charge < -0.3 is 14.7 Å². The SMILES string of the molecule is Cc1cc(C)c(N2CCN(C(=O)c3ccc(N4CCN(C)C4=O)cn3)CC2)nc1C. The zero-order valence-electron chi connectivity index (χ0n) is 18.1. The number of piperazine rings is 1. The molecule has 2 aliphatic heterocycles. The summed E-state index contributed by atoms with van der Waals surface area (Å²) in [6.07, 6.45) is 1.61. The molecular formula is C22H28N6O2. The molecule has 2 aliphatic rings. The molecule has 0 atom stereocenters. The highest BCUT2D eigenvalue weighted by Crippen LogP contribution is 2.23. The van der Waals surface area contributed by atoms with E-state index in [1.807, 2.05) is 11.8 Å². The minimum absolute atomic E-state index is 0.0396. The minimum Gasteiger partial charge on any atom is -0.353 e. The van der Waals surface area contributed by atoms with Crippen LogP contribution in [0.1, 0.15) is 27.3 Å². The number of likely N-dealkylation sites (N-methyl/N-ethyl adjacent to an activating group) is 1. The quantitative estimate of drug-likeness (QED) is 0.779. The fourth-order valence-electron chi connectivity index (χ4n) is 3.99. The first-order valence-electron chi connectivity index (χ1n) is 10.3. The van der Waals surface area contributed by atoms with E-state index in [9.17, 15) is 9.59 Å². The van der Waals surface area contributed by atoms with Gasteiger partial charge in [0.1, 0.15) is 11.5 Å². The molecule has 4 rings (SSSR count). The summed E-state index contributed by atoms with van der Waals surface area (Å²) >= 11 is 0. The van der Waals surface area contributed by atoms with Gasteiger partial charge >= 0.3 is 6.03 Å². The minimum atomic E-state index is -0.0733. The highest BCUT2D eigenvalue weighted by Gasteiger charge is 2.28. The lowest BCUT2D eigenvalue weighted by Gasteiger charge is -2.36. The fraction of sp³-hybridized carbons (Fsp3) is 0.455. The Labute approximate surface area is 177 Å². The van der Waals surface area contributed by atoms with Gasteiger partial charge in [0.05, 0.1) is 11.9 Å². The molecule has 0 aliphatic carbocycles. The third kappa shape index (κ3) is 3.69. The molecule has 0 spiro atoms. The number of urea groups is 1. The van der Waals surface area contributed by atoms with Crippen LogP contribution in [0.2, 0.25) is 0 Å². The number of hydrogen-bond donors (Lipinski definition) is 0. The number of carbonyl (C=O) groups is 2. The van der Waals surface area contributed by atoms with Gasteiger partial charge in [0.2, 0.25) is 0 Å². The Morgan fingerprint density at radius 3 is 2.30 bits per heavy atom. The second-order valence-electron chi connectivity index (χ2n) is 8.07. The van der Waals surface area contributed by atoms with Gasteiger partial charge in [-0.2, -0.15) is 0 Å². The number of anilines is 2. The van der Waals surface area contributed by atoms with Gasteiger partial charge in [-0.05, 0) is 44.0 Å². The Kier molecular flexibility index (Phi) is 5.32. The maximum Gasteiger partial charge on any atom is 0.324 e. The lowest BCUT2D eigenvalue weighted by molar-refractivity contribution is 0.0740. The summed E-state index contributed by atoms with van der Waals surface area (Å²) in [6, 6.07) is 5.65. The lowest BCUT2D eigenvalue weighted by atomic mass is 10.1. The standard InChI is InChI=1S/C22H28N6O2/c1-15-13-16(2)20(24-17(15)3)26-8-10-27(11-9-26)21(29)19-6-5-18(14-23-19)28-12-7-25(4)22(28)30/h5-6,13-14H,7-12H2,1-4H3. The number of carbonyl (C=O) groups excluding carboxylic acids is 2. The average molecular weight is 409 g/mol. The highest BCUT2D eigenvalue weighted by molar-refractivity contribution is 5.95. The molecule has 2 aromatic heterocycles. The first-order valence-corrected chi connectivity index (χ1v) is 10.3. The molecule has 4 heterocycles. The van der Waals surface area contributed by atoms with E-state index >= 15 is 0 Å². The van der Waals surface area contributed by atoms with Crippen molar-refractivity contribution in [1.29, 1.82) is 0 Å². The normalized spacial score (nSPS) is 17.1. The van der Waals surface area contributed by atoms with Crippen molar-refractivity contribution in [2.45, 2.75) is 20.8 Å². The molecule has 8 nitrogen and oxygen atoms in total. The van der Waals surface area contributed by atoms with Crippen LogP contribution in [0.25, 0.3) is 0 Å². The zero-order valence-corrected chi connectivity index (χ0v) is 18.1. The van der Waals surface area contributed by atoms with Crippen LogP contribution in [0, 0.1) is 20.8 Å². The maximum absolute atomic E-state index is 12.9. The van der Waals surface area contributed by atoms with Crippen LogP contribution in [0.15, 0.2) is 24.4 Å². The van der Waals surface area contributed by atoms with Crippen molar-refractivity contribution in [3.63, 3.8) is 0 Å². The first-order chi connectivity index (χ1) is 14.3. The van der Waals surface area contributed by atoms with Gasteiger partial charge in [-0.3, -0.25) is 9.69 Å². The third-order valence-corrected chi connectivity index (χ3v) is 5.99. The van der Waals surface area contributed by atoms with Gasteiger partial charge in [0.15, 0.2) is 0 Å². The molecule has 3 amide bonds. The van der Waals surface area contributed by atoms with Crippen LogP contribution in [0.3, 0.4) is 0 Å². The fourth-order valence-corrected chi connectivity index (χ4v) is 3.99. The molecule has 0 aromatic carbocycles. The van der Waals surface area contributed by atoms with E-state index < -0.39 is 0 Å². The van der Waals surface area contributed by atoms with Gasteiger partial charge in [-0.25, -0.2) is 14.8 Å². The van der Waals surface area contributed by atoms with Crippen LogP contribution in [0.5, 0.6) is 0 Å². The van der Waals surface area contributed by atoms with E-state index in [4.69, 9.17) is 4.98 Å². The van der Waals surface area contributed by atoms with Crippen molar-refractivity contribution in [3.8, 4) is 0 Å². The van der Waals surface area contributed by atoms with Gasteiger partial charge in [-0.1, -0.05) is 6.07 Å². The summed E-state index contributed by atoms with van der Waals surface area (Å²) < 4.78 is 0. The smallest absolute Gasteiger partial charge is 0.324 e. The summed E-state index contributed by atoms with van der Waals surface area (Å²) in [7, 11) is 1.78. The van der Waals surface area contributed by atoms with Crippen LogP contribution >= 0.6 is 0 Å². The number of amides is 3. The summed E-state index contributed by atoms with van der Waals surface area (Å²) in [4.78, 5) is 41.6. The molecule has 0 N–H and O–H groups in total. The Bertz CT molecular complexity index is 966. The second kappa shape index (κ2) is 7.93. The first kappa shape index (κ1) is 20.1. The molecule has 8 heteroatoms. The molecule has 2 saturated heterocycles. The summed E-state index contributed by atoms with van der Waals surface area (Å²) in [5.41, 5.74) is 4.54. The molecule has 2 aromatic rings. The topological polar surface area (TPSA) is 72.9 Å². The lowest BCUT2D eigenvalue weighted by Crippen LogP contribution is -2.49. The average Bonchev–Trinajstić information content (AvgIpc) is 3.09. The largest absolute Gasteiger partial charge is 0.353 e. The Hall–Kier alpha value is -3.16. The van der Waals surface area contributed by atoms with Crippen LogP contribution in [-0.4, -0.2) is 78.0 Å². The number of nitrogens with zero attached hydrogens (tertiary/aromatic N) is 6. The van der Waals surface area contributed by atoms with Gasteiger partial charge in [0, 0.05) is 52.0 Å². The van der Waals surface area contributed by atoms with E-state index in [0.29, 0.717) is 31.9 Å². The molecule has 0 saturated carbocycles. The number of hydrogen-bond acceptors (Lipinski definition) is 5. The van der Waals surface area contributed by atoms with Crippen molar-refractivity contribution < 1.29 is 9.59 Å². The number of pyridine rings is 2. The van der Waals surface area contributed by atoms with Crippen molar-refractivity contribution in [1.82, 2.24) is 19.8 Å². The van der Waals surface area contributed by atoms with Crippen LogP contribution in [-0.2, 0) is 0 Å². The van der Waals surface area contributed by atoms with Crippen LogP contribution < -0.4 is 9.80 Å². The number of aryl methyl sites for hydroxylation is 3. The van der Waals surface area contributed by atoms with E-state index in [-0.39, 0.29) is 11.9 Å². The van der Waals surface area contributed by atoms with Crippen molar-refractivity contribution >= 4 is 23.4 Å². The predicted molar refractivity (Wildman–Crippen MR) is 116 cm³/mol. The van der Waals surface area contributed by atoms with E-state index in [1.165, 1.54) is 5.56 Å². The summed E-state index contributed by atoms with van der Waals surface area (Å²) in [6.45, 7) is 10.3. The van der Waals surface area contributed by atoms with Gasteiger partial charge in [-0.15, -0.1) is 0 Å². The molecule has 30 heavy (non-hydrogen) atoms. The summed E-state index contributed by atoms with van der Waals surface area (Å²) in [5.74, 6) is 0.934. The molecule has 158 valence electrons. The third-order valence-electron chi connectivity index (χ3n) is 5.99. The van der Waals surface area contributed by atoms with E-state index in [2.05, 4.69) is 29.8 Å². The van der Waals surface area contributed by atoms with Crippen molar-refractivity contribution in [2.24, 2.45) is 0 Å². The van der Waals surface area contributed by atoms with E-state index in [1.54, 1.807) is 35.2 Å². The van der Waals surface area contributed by atoms with Gasteiger partial charge in [0.25, 0.3) is 5.91 Å². The predicted octanol–water partition coefficient (Wildman–Crippen LogP) is 2.24.